The van der Waals surface area contributed by atoms with Crippen molar-refractivity contribution in [1.29, 1.82) is 0 Å². The highest BCUT2D eigenvalue weighted by Crippen LogP contribution is 2.39. The lowest BCUT2D eigenvalue weighted by Gasteiger charge is -2.16. The fourth-order valence-corrected chi connectivity index (χ4v) is 3.05. The highest BCUT2D eigenvalue weighted by atomic mass is 16.5. The number of carbonyl (C=O) groups is 1. The third kappa shape index (κ3) is 2.75. The van der Waals surface area contributed by atoms with Crippen LogP contribution in [0.4, 0.5) is 0 Å². The Balaban J connectivity index is 1.36. The molecule has 0 N–H and O–H groups in total. The Morgan fingerprint density at radius 2 is 2.05 bits per heavy atom. The van der Waals surface area contributed by atoms with E-state index in [1.165, 1.54) is 12.8 Å². The number of aromatic nitrogens is 2. The van der Waals surface area contributed by atoms with Crippen molar-refractivity contribution in [3.8, 4) is 0 Å². The van der Waals surface area contributed by atoms with Crippen molar-refractivity contribution >= 4 is 5.91 Å². The molecule has 5 nitrogen and oxygen atoms in total. The zero-order valence-corrected chi connectivity index (χ0v) is 12.4. The largest absolute Gasteiger partial charge is 0.339 e. The zero-order valence-electron chi connectivity index (χ0n) is 12.4. The van der Waals surface area contributed by atoms with Gasteiger partial charge in [-0.05, 0) is 37.3 Å². The quantitative estimate of drug-likeness (QED) is 0.870. The summed E-state index contributed by atoms with van der Waals surface area (Å²) in [6.07, 6.45) is 4.15. The van der Waals surface area contributed by atoms with Gasteiger partial charge in [-0.25, -0.2) is 0 Å². The van der Waals surface area contributed by atoms with Crippen LogP contribution in [-0.4, -0.2) is 34.0 Å². The molecule has 0 bridgehead atoms. The van der Waals surface area contributed by atoms with Gasteiger partial charge in [-0.2, -0.15) is 4.98 Å². The van der Waals surface area contributed by atoms with Crippen LogP contribution >= 0.6 is 0 Å². The smallest absolute Gasteiger partial charge is 0.253 e. The van der Waals surface area contributed by atoms with Gasteiger partial charge < -0.3 is 9.42 Å². The SMILES string of the molecule is O=C(c1ccccc1)N1CCC(Cc2noc(C3CC3)n2)C1. The van der Waals surface area contributed by atoms with Gasteiger partial charge in [0.1, 0.15) is 0 Å². The van der Waals surface area contributed by atoms with Gasteiger partial charge >= 0.3 is 0 Å². The summed E-state index contributed by atoms with van der Waals surface area (Å²) in [5.74, 6) is 2.64. The molecule has 2 fully saturated rings. The van der Waals surface area contributed by atoms with Gasteiger partial charge in [0.25, 0.3) is 5.91 Å². The minimum atomic E-state index is 0.120. The predicted octanol–water partition coefficient (Wildman–Crippen LogP) is 2.65. The molecule has 1 aromatic heterocycles. The van der Waals surface area contributed by atoms with E-state index in [0.29, 0.717) is 11.8 Å². The number of rotatable bonds is 4. The number of likely N-dealkylation sites (tertiary alicyclic amines) is 1. The van der Waals surface area contributed by atoms with Crippen LogP contribution in [0.5, 0.6) is 0 Å². The Hall–Kier alpha value is -2.17. The third-order valence-corrected chi connectivity index (χ3v) is 4.48. The van der Waals surface area contributed by atoms with Crippen LogP contribution in [0.2, 0.25) is 0 Å². The Labute approximate surface area is 129 Å². The first-order valence-electron chi connectivity index (χ1n) is 7.96. The van der Waals surface area contributed by atoms with Gasteiger partial charge in [0, 0.05) is 31.0 Å². The standard InChI is InChI=1S/C17H19N3O2/c21-17(14-4-2-1-3-5-14)20-9-8-12(11-20)10-15-18-16(22-19-15)13-6-7-13/h1-5,12-13H,6-11H2. The average molecular weight is 297 g/mol. The van der Waals surface area contributed by atoms with Gasteiger partial charge in [-0.1, -0.05) is 23.4 Å². The van der Waals surface area contributed by atoms with E-state index in [-0.39, 0.29) is 5.91 Å². The van der Waals surface area contributed by atoms with E-state index in [9.17, 15) is 4.79 Å². The summed E-state index contributed by atoms with van der Waals surface area (Å²) in [7, 11) is 0. The number of carbonyl (C=O) groups excluding carboxylic acids is 1. The molecule has 1 saturated carbocycles. The Morgan fingerprint density at radius 1 is 1.23 bits per heavy atom. The molecule has 5 heteroatoms. The van der Waals surface area contributed by atoms with Gasteiger partial charge in [0.05, 0.1) is 0 Å². The van der Waals surface area contributed by atoms with Crippen LogP contribution in [0.3, 0.4) is 0 Å². The van der Waals surface area contributed by atoms with E-state index >= 15 is 0 Å². The second-order valence-electron chi connectivity index (χ2n) is 6.30. The number of benzene rings is 1. The first-order valence-corrected chi connectivity index (χ1v) is 7.96. The molecule has 4 rings (SSSR count). The molecule has 1 aliphatic carbocycles. The Morgan fingerprint density at radius 3 is 2.82 bits per heavy atom. The maximum atomic E-state index is 12.4. The highest BCUT2D eigenvalue weighted by molar-refractivity contribution is 5.94. The van der Waals surface area contributed by atoms with Crippen LogP contribution in [0.25, 0.3) is 0 Å². The summed E-state index contributed by atoms with van der Waals surface area (Å²) < 4.78 is 5.30. The van der Waals surface area contributed by atoms with Crippen LogP contribution in [0.15, 0.2) is 34.9 Å². The van der Waals surface area contributed by atoms with Gasteiger partial charge in [-0.3, -0.25) is 4.79 Å². The second kappa shape index (κ2) is 5.55. The summed E-state index contributed by atoms with van der Waals surface area (Å²) in [5.41, 5.74) is 0.763. The van der Waals surface area contributed by atoms with Crippen molar-refractivity contribution in [2.45, 2.75) is 31.6 Å². The predicted molar refractivity (Wildman–Crippen MR) is 80.4 cm³/mol. The van der Waals surface area contributed by atoms with E-state index < -0.39 is 0 Å². The number of nitrogens with zero attached hydrogens (tertiary/aromatic N) is 3. The fourth-order valence-electron chi connectivity index (χ4n) is 3.05. The van der Waals surface area contributed by atoms with Crippen molar-refractivity contribution in [2.24, 2.45) is 5.92 Å². The molecular formula is C17H19N3O2. The lowest BCUT2D eigenvalue weighted by Crippen LogP contribution is -2.28. The molecule has 0 radical (unpaired) electrons. The molecule has 0 spiro atoms. The van der Waals surface area contributed by atoms with Gasteiger partial charge in [-0.15, -0.1) is 0 Å². The van der Waals surface area contributed by atoms with Crippen LogP contribution in [0, 0.1) is 5.92 Å². The lowest BCUT2D eigenvalue weighted by atomic mass is 10.1. The molecule has 1 aromatic carbocycles. The Kier molecular flexibility index (Phi) is 3.41. The molecule has 2 aromatic rings. The lowest BCUT2D eigenvalue weighted by molar-refractivity contribution is 0.0787. The summed E-state index contributed by atoms with van der Waals surface area (Å²) in [6.45, 7) is 1.59. The number of hydrogen-bond acceptors (Lipinski definition) is 4. The van der Waals surface area contributed by atoms with E-state index in [2.05, 4.69) is 10.1 Å². The van der Waals surface area contributed by atoms with Crippen LogP contribution in [0.1, 0.15) is 47.3 Å². The molecule has 1 saturated heterocycles. The summed E-state index contributed by atoms with van der Waals surface area (Å²) >= 11 is 0. The fraction of sp³-hybridized carbons (Fsp3) is 0.471. The third-order valence-electron chi connectivity index (χ3n) is 4.48. The molecule has 114 valence electrons. The maximum absolute atomic E-state index is 12.4. The second-order valence-corrected chi connectivity index (χ2v) is 6.30. The maximum Gasteiger partial charge on any atom is 0.253 e. The minimum Gasteiger partial charge on any atom is -0.339 e. The van der Waals surface area contributed by atoms with Crippen molar-refractivity contribution in [3.63, 3.8) is 0 Å². The average Bonchev–Trinajstić information content (AvgIpc) is 3.13. The van der Waals surface area contributed by atoms with E-state index in [1.54, 1.807) is 0 Å². The first kappa shape index (κ1) is 13.5. The zero-order chi connectivity index (χ0) is 14.9. The molecule has 1 atom stereocenters. The van der Waals surface area contributed by atoms with E-state index in [0.717, 1.165) is 43.2 Å². The van der Waals surface area contributed by atoms with Crippen LogP contribution < -0.4 is 0 Å². The van der Waals surface area contributed by atoms with Crippen molar-refractivity contribution in [1.82, 2.24) is 15.0 Å². The summed E-state index contributed by atoms with van der Waals surface area (Å²) in [5, 5.41) is 4.08. The molecule has 2 aliphatic rings. The van der Waals surface area contributed by atoms with Crippen molar-refractivity contribution < 1.29 is 9.32 Å². The topological polar surface area (TPSA) is 59.2 Å². The number of hydrogen-bond donors (Lipinski definition) is 0. The Bertz CT molecular complexity index is 664. The normalized spacial score (nSPS) is 21.3. The highest BCUT2D eigenvalue weighted by Gasteiger charge is 2.31. The molecule has 1 amide bonds. The van der Waals surface area contributed by atoms with E-state index in [4.69, 9.17) is 4.52 Å². The molecule has 22 heavy (non-hydrogen) atoms. The first-order chi connectivity index (χ1) is 10.8. The van der Waals surface area contributed by atoms with Crippen molar-refractivity contribution in [3.05, 3.63) is 47.6 Å². The molecular weight excluding hydrogens is 278 g/mol. The number of amides is 1. The monoisotopic (exact) mass is 297 g/mol. The molecule has 1 unspecified atom stereocenters. The van der Waals surface area contributed by atoms with E-state index in [1.807, 2.05) is 35.2 Å². The summed E-state index contributed by atoms with van der Waals surface area (Å²) in [4.78, 5) is 18.8. The molecule has 1 aliphatic heterocycles. The van der Waals surface area contributed by atoms with Crippen molar-refractivity contribution in [2.75, 3.05) is 13.1 Å². The van der Waals surface area contributed by atoms with Crippen LogP contribution in [-0.2, 0) is 6.42 Å². The summed E-state index contributed by atoms with van der Waals surface area (Å²) in [6, 6.07) is 9.48. The van der Waals surface area contributed by atoms with Gasteiger partial charge in [0.15, 0.2) is 5.82 Å². The molecule has 2 heterocycles. The van der Waals surface area contributed by atoms with Gasteiger partial charge in [0.2, 0.25) is 5.89 Å². The minimum absolute atomic E-state index is 0.120.